The van der Waals surface area contributed by atoms with E-state index in [1.165, 1.54) is 12.1 Å². The predicted octanol–water partition coefficient (Wildman–Crippen LogP) is 4.09. The Labute approximate surface area is 110 Å². The highest BCUT2D eigenvalue weighted by molar-refractivity contribution is 9.10. The average molecular weight is 313 g/mol. The summed E-state index contributed by atoms with van der Waals surface area (Å²) in [5.74, 6) is -2.48. The molecule has 2 rings (SSSR count). The number of hydrogen-bond acceptors (Lipinski definition) is 1. The van der Waals surface area contributed by atoms with Crippen molar-refractivity contribution < 1.29 is 18.7 Å². The van der Waals surface area contributed by atoms with Gasteiger partial charge in [-0.15, -0.1) is 0 Å². The molecule has 0 heterocycles. The van der Waals surface area contributed by atoms with Crippen molar-refractivity contribution in [2.45, 2.75) is 0 Å². The summed E-state index contributed by atoms with van der Waals surface area (Å²) in [5.41, 5.74) is -0.149. The molecule has 0 bridgehead atoms. The van der Waals surface area contributed by atoms with Gasteiger partial charge < -0.3 is 5.11 Å². The van der Waals surface area contributed by atoms with Crippen molar-refractivity contribution in [1.29, 1.82) is 0 Å². The van der Waals surface area contributed by atoms with E-state index in [4.69, 9.17) is 5.11 Å². The molecule has 2 nitrogen and oxygen atoms in total. The second kappa shape index (κ2) is 4.86. The van der Waals surface area contributed by atoms with Crippen molar-refractivity contribution in [2.24, 2.45) is 0 Å². The number of rotatable bonds is 2. The topological polar surface area (TPSA) is 37.3 Å². The van der Waals surface area contributed by atoms with Gasteiger partial charge in [-0.2, -0.15) is 0 Å². The molecule has 0 aliphatic rings. The molecule has 2 aromatic carbocycles. The molecule has 0 spiro atoms. The normalized spacial score (nSPS) is 10.4. The average Bonchev–Trinajstić information content (AvgIpc) is 2.33. The molecule has 1 N–H and O–H groups in total. The van der Waals surface area contributed by atoms with Crippen molar-refractivity contribution in [2.75, 3.05) is 0 Å². The van der Waals surface area contributed by atoms with E-state index in [0.717, 1.165) is 18.2 Å². The van der Waals surface area contributed by atoms with E-state index in [1.54, 1.807) is 6.07 Å². The molecule has 0 aliphatic carbocycles. The number of halogens is 3. The quantitative estimate of drug-likeness (QED) is 0.906. The molecule has 92 valence electrons. The Morgan fingerprint density at radius 3 is 2.50 bits per heavy atom. The van der Waals surface area contributed by atoms with Gasteiger partial charge in [-0.1, -0.05) is 12.1 Å². The van der Waals surface area contributed by atoms with E-state index in [1.807, 2.05) is 0 Å². The monoisotopic (exact) mass is 312 g/mol. The van der Waals surface area contributed by atoms with Crippen LogP contribution in [0, 0.1) is 11.6 Å². The van der Waals surface area contributed by atoms with Crippen LogP contribution in [0.4, 0.5) is 8.78 Å². The molecule has 0 aromatic heterocycles. The van der Waals surface area contributed by atoms with Gasteiger partial charge in [-0.05, 0) is 40.2 Å². The van der Waals surface area contributed by atoms with Crippen LogP contribution in [-0.4, -0.2) is 11.1 Å². The summed E-state index contributed by atoms with van der Waals surface area (Å²) in [6.45, 7) is 0. The molecule has 5 heteroatoms. The molecule has 0 radical (unpaired) electrons. The number of hydrogen-bond donors (Lipinski definition) is 1. The Hall–Kier alpha value is -1.75. The minimum atomic E-state index is -1.19. The van der Waals surface area contributed by atoms with Crippen molar-refractivity contribution in [3.05, 3.63) is 58.1 Å². The van der Waals surface area contributed by atoms with E-state index in [0.29, 0.717) is 0 Å². The summed E-state index contributed by atoms with van der Waals surface area (Å²) < 4.78 is 27.7. The highest BCUT2D eigenvalue weighted by atomic mass is 79.9. The zero-order valence-corrected chi connectivity index (χ0v) is 10.5. The number of benzene rings is 2. The van der Waals surface area contributed by atoms with Gasteiger partial charge in [-0.3, -0.25) is 0 Å². The van der Waals surface area contributed by atoms with E-state index >= 15 is 0 Å². The molecule has 0 unspecified atom stereocenters. The SMILES string of the molecule is O=C(O)c1ccc(F)c(-c2cccc(Br)c2F)c1. The molecule has 0 atom stereocenters. The fourth-order valence-electron chi connectivity index (χ4n) is 1.58. The standard InChI is InChI=1S/C13H7BrF2O2/c14-10-3-1-2-8(12(10)16)9-6-7(13(17)18)4-5-11(9)15/h1-6H,(H,17,18). The lowest BCUT2D eigenvalue weighted by molar-refractivity contribution is 0.0697. The number of carboxylic acids is 1. The molecular weight excluding hydrogens is 306 g/mol. The maximum absolute atomic E-state index is 13.8. The Morgan fingerprint density at radius 2 is 1.83 bits per heavy atom. The van der Waals surface area contributed by atoms with Gasteiger partial charge in [0.05, 0.1) is 10.0 Å². The molecule has 2 aromatic rings. The lowest BCUT2D eigenvalue weighted by Crippen LogP contribution is -1.98. The first-order valence-corrected chi connectivity index (χ1v) is 5.77. The van der Waals surface area contributed by atoms with Gasteiger partial charge in [0, 0.05) is 11.1 Å². The van der Waals surface area contributed by atoms with Gasteiger partial charge in [0.25, 0.3) is 0 Å². The van der Waals surface area contributed by atoms with E-state index in [9.17, 15) is 13.6 Å². The zero-order chi connectivity index (χ0) is 13.3. The van der Waals surface area contributed by atoms with E-state index in [-0.39, 0.29) is 21.2 Å². The van der Waals surface area contributed by atoms with E-state index < -0.39 is 17.6 Å². The van der Waals surface area contributed by atoms with Crippen LogP contribution in [0.2, 0.25) is 0 Å². The molecule has 0 fully saturated rings. The second-order valence-corrected chi connectivity index (χ2v) is 4.46. The fraction of sp³-hybridized carbons (Fsp3) is 0. The highest BCUT2D eigenvalue weighted by Crippen LogP contribution is 2.30. The van der Waals surface area contributed by atoms with Crippen LogP contribution in [0.25, 0.3) is 11.1 Å². The number of carbonyl (C=O) groups is 1. The number of carboxylic acid groups (broad SMARTS) is 1. The molecular formula is C13H7BrF2O2. The summed E-state index contributed by atoms with van der Waals surface area (Å²) in [4.78, 5) is 10.8. The maximum atomic E-state index is 13.8. The Bertz CT molecular complexity index is 626. The van der Waals surface area contributed by atoms with Gasteiger partial charge >= 0.3 is 5.97 Å². The molecule has 18 heavy (non-hydrogen) atoms. The Kier molecular flexibility index (Phi) is 3.43. The van der Waals surface area contributed by atoms with Crippen LogP contribution in [0.15, 0.2) is 40.9 Å². The minimum absolute atomic E-state index is 0.0185. The van der Waals surface area contributed by atoms with Crippen molar-refractivity contribution in [3.63, 3.8) is 0 Å². The second-order valence-electron chi connectivity index (χ2n) is 3.60. The van der Waals surface area contributed by atoms with Crippen molar-refractivity contribution in [3.8, 4) is 11.1 Å². The summed E-state index contributed by atoms with van der Waals surface area (Å²) in [5, 5.41) is 8.85. The van der Waals surface area contributed by atoms with Gasteiger partial charge in [0.1, 0.15) is 11.6 Å². The smallest absolute Gasteiger partial charge is 0.335 e. The lowest BCUT2D eigenvalue weighted by atomic mass is 10.0. The summed E-state index contributed by atoms with van der Waals surface area (Å²) in [6.07, 6.45) is 0. The highest BCUT2D eigenvalue weighted by Gasteiger charge is 2.14. The maximum Gasteiger partial charge on any atom is 0.335 e. The molecule has 0 saturated heterocycles. The van der Waals surface area contributed by atoms with Gasteiger partial charge in [-0.25, -0.2) is 13.6 Å². The third kappa shape index (κ3) is 2.26. The molecule has 0 aliphatic heterocycles. The van der Waals surface area contributed by atoms with Crippen LogP contribution in [0.1, 0.15) is 10.4 Å². The van der Waals surface area contributed by atoms with Gasteiger partial charge in [0.2, 0.25) is 0 Å². The molecule has 0 amide bonds. The fourth-order valence-corrected chi connectivity index (χ4v) is 1.94. The van der Waals surface area contributed by atoms with E-state index in [2.05, 4.69) is 15.9 Å². The van der Waals surface area contributed by atoms with Crippen LogP contribution < -0.4 is 0 Å². The van der Waals surface area contributed by atoms with Crippen LogP contribution >= 0.6 is 15.9 Å². The number of aromatic carboxylic acids is 1. The zero-order valence-electron chi connectivity index (χ0n) is 8.95. The third-order valence-corrected chi connectivity index (χ3v) is 3.07. The predicted molar refractivity (Wildman–Crippen MR) is 66.5 cm³/mol. The van der Waals surface area contributed by atoms with Crippen LogP contribution in [-0.2, 0) is 0 Å². The van der Waals surface area contributed by atoms with Crippen LogP contribution in [0.3, 0.4) is 0 Å². The minimum Gasteiger partial charge on any atom is -0.478 e. The van der Waals surface area contributed by atoms with Crippen molar-refractivity contribution in [1.82, 2.24) is 0 Å². The summed E-state index contributed by atoms with van der Waals surface area (Å²) in [7, 11) is 0. The summed E-state index contributed by atoms with van der Waals surface area (Å²) in [6, 6.07) is 7.69. The lowest BCUT2D eigenvalue weighted by Gasteiger charge is -2.07. The summed E-state index contributed by atoms with van der Waals surface area (Å²) >= 11 is 3.00. The largest absolute Gasteiger partial charge is 0.478 e. The van der Waals surface area contributed by atoms with Crippen LogP contribution in [0.5, 0.6) is 0 Å². The third-order valence-electron chi connectivity index (χ3n) is 2.46. The molecule has 0 saturated carbocycles. The van der Waals surface area contributed by atoms with Gasteiger partial charge in [0.15, 0.2) is 0 Å². The first-order valence-electron chi connectivity index (χ1n) is 4.98. The Balaban J connectivity index is 2.66. The first-order chi connectivity index (χ1) is 8.50. The van der Waals surface area contributed by atoms with Crippen molar-refractivity contribution >= 4 is 21.9 Å². The first kappa shape index (κ1) is 12.7. The Morgan fingerprint density at radius 1 is 1.11 bits per heavy atom.